The zero-order valence-corrected chi connectivity index (χ0v) is 8.66. The molecule has 0 saturated carbocycles. The number of nitrogens with one attached hydrogen (secondary N) is 2. The van der Waals surface area contributed by atoms with Crippen LogP contribution in [0.4, 0.5) is 5.82 Å². The summed E-state index contributed by atoms with van der Waals surface area (Å²) in [6, 6.07) is 10.7. The average Bonchev–Trinajstić information content (AvgIpc) is 2.74. The zero-order valence-electron chi connectivity index (χ0n) is 8.66. The van der Waals surface area contributed by atoms with Gasteiger partial charge in [-0.1, -0.05) is 18.2 Å². The molecule has 0 bridgehead atoms. The van der Waals surface area contributed by atoms with E-state index in [2.05, 4.69) is 45.5 Å². The minimum atomic E-state index is 1.08. The second kappa shape index (κ2) is 3.59. The number of rotatable bonds is 1. The summed E-state index contributed by atoms with van der Waals surface area (Å²) in [5.74, 6) is 1.25. The number of piperazine rings is 1. The van der Waals surface area contributed by atoms with Gasteiger partial charge < -0.3 is 15.2 Å². The molecule has 2 aromatic rings. The fourth-order valence-electron chi connectivity index (χ4n) is 2.13. The maximum atomic E-state index is 3.46. The number of benzene rings is 1. The Bertz CT molecular complexity index is 422. The summed E-state index contributed by atoms with van der Waals surface area (Å²) >= 11 is 0. The topological polar surface area (TPSA) is 31.1 Å². The van der Waals surface area contributed by atoms with E-state index in [-0.39, 0.29) is 0 Å². The molecule has 1 aromatic carbocycles. The van der Waals surface area contributed by atoms with Gasteiger partial charge in [-0.2, -0.15) is 0 Å². The summed E-state index contributed by atoms with van der Waals surface area (Å²) in [6.45, 7) is 4.34. The lowest BCUT2D eigenvalue weighted by Crippen LogP contribution is -2.43. The molecule has 1 fully saturated rings. The van der Waals surface area contributed by atoms with Crippen LogP contribution in [0, 0.1) is 0 Å². The lowest BCUT2D eigenvalue weighted by molar-refractivity contribution is 0.586. The molecule has 0 atom stereocenters. The summed E-state index contributed by atoms with van der Waals surface area (Å²) in [5.41, 5.74) is 1.23. The van der Waals surface area contributed by atoms with Crippen molar-refractivity contribution in [3.05, 3.63) is 30.3 Å². The first-order valence-corrected chi connectivity index (χ1v) is 5.47. The van der Waals surface area contributed by atoms with Crippen LogP contribution in [0.2, 0.25) is 0 Å². The fourth-order valence-corrected chi connectivity index (χ4v) is 2.13. The Morgan fingerprint density at radius 1 is 1.07 bits per heavy atom. The van der Waals surface area contributed by atoms with Crippen LogP contribution in [0.25, 0.3) is 10.9 Å². The molecule has 1 aliphatic rings. The molecule has 3 heteroatoms. The van der Waals surface area contributed by atoms with Gasteiger partial charge >= 0.3 is 0 Å². The van der Waals surface area contributed by atoms with Crippen molar-refractivity contribution in [3.63, 3.8) is 0 Å². The third-order valence-corrected chi connectivity index (χ3v) is 2.97. The first-order chi connectivity index (χ1) is 7.43. The van der Waals surface area contributed by atoms with Gasteiger partial charge in [0.25, 0.3) is 0 Å². The summed E-state index contributed by atoms with van der Waals surface area (Å²) in [6.07, 6.45) is 0. The van der Waals surface area contributed by atoms with Gasteiger partial charge in [0, 0.05) is 37.1 Å². The average molecular weight is 201 g/mol. The van der Waals surface area contributed by atoms with Crippen molar-refractivity contribution in [2.45, 2.75) is 0 Å². The fraction of sp³-hybridized carbons (Fsp3) is 0.333. The van der Waals surface area contributed by atoms with Gasteiger partial charge in [-0.15, -0.1) is 0 Å². The van der Waals surface area contributed by atoms with Crippen LogP contribution >= 0.6 is 0 Å². The molecule has 1 aromatic heterocycles. The van der Waals surface area contributed by atoms with Gasteiger partial charge in [0.2, 0.25) is 0 Å². The number of hydrogen-bond acceptors (Lipinski definition) is 2. The van der Waals surface area contributed by atoms with E-state index in [1.54, 1.807) is 0 Å². The van der Waals surface area contributed by atoms with Crippen LogP contribution in [-0.2, 0) is 0 Å². The Morgan fingerprint density at radius 3 is 2.67 bits per heavy atom. The van der Waals surface area contributed by atoms with Crippen molar-refractivity contribution in [1.82, 2.24) is 10.3 Å². The highest BCUT2D eigenvalue weighted by atomic mass is 15.2. The number of H-pyrrole nitrogens is 1. The predicted molar refractivity (Wildman–Crippen MR) is 63.4 cm³/mol. The highest BCUT2D eigenvalue weighted by Gasteiger charge is 2.11. The Morgan fingerprint density at radius 2 is 1.87 bits per heavy atom. The van der Waals surface area contributed by atoms with Crippen LogP contribution < -0.4 is 10.2 Å². The molecule has 0 amide bonds. The molecule has 15 heavy (non-hydrogen) atoms. The summed E-state index contributed by atoms with van der Waals surface area (Å²) in [5, 5.41) is 4.66. The van der Waals surface area contributed by atoms with E-state index in [4.69, 9.17) is 0 Å². The van der Waals surface area contributed by atoms with E-state index >= 15 is 0 Å². The van der Waals surface area contributed by atoms with Gasteiger partial charge in [-0.05, 0) is 12.1 Å². The van der Waals surface area contributed by atoms with Crippen LogP contribution in [0.5, 0.6) is 0 Å². The van der Waals surface area contributed by atoms with Crippen LogP contribution in [-0.4, -0.2) is 31.2 Å². The minimum Gasteiger partial charge on any atom is -0.356 e. The summed E-state index contributed by atoms with van der Waals surface area (Å²) in [7, 11) is 0. The van der Waals surface area contributed by atoms with Gasteiger partial charge in [0.05, 0.1) is 0 Å². The summed E-state index contributed by atoms with van der Waals surface area (Å²) < 4.78 is 0. The van der Waals surface area contributed by atoms with Gasteiger partial charge in [-0.3, -0.25) is 0 Å². The first-order valence-electron chi connectivity index (χ1n) is 5.47. The van der Waals surface area contributed by atoms with Crippen molar-refractivity contribution in [1.29, 1.82) is 0 Å². The third-order valence-electron chi connectivity index (χ3n) is 2.97. The van der Waals surface area contributed by atoms with Gasteiger partial charge in [-0.25, -0.2) is 0 Å². The second-order valence-electron chi connectivity index (χ2n) is 3.98. The number of aromatic amines is 1. The Balaban J connectivity index is 1.96. The maximum Gasteiger partial charge on any atom is 0.106 e. The van der Waals surface area contributed by atoms with Crippen molar-refractivity contribution in [3.8, 4) is 0 Å². The van der Waals surface area contributed by atoms with Gasteiger partial charge in [0.15, 0.2) is 0 Å². The molecule has 78 valence electrons. The number of para-hydroxylation sites is 1. The number of fused-ring (bicyclic) bond motifs is 1. The molecule has 2 N–H and O–H groups in total. The largest absolute Gasteiger partial charge is 0.356 e. The normalized spacial score (nSPS) is 17.2. The maximum absolute atomic E-state index is 3.46. The molecular weight excluding hydrogens is 186 g/mol. The van der Waals surface area contributed by atoms with Crippen LogP contribution in [0.3, 0.4) is 0 Å². The summed E-state index contributed by atoms with van der Waals surface area (Å²) in [4.78, 5) is 5.86. The highest BCUT2D eigenvalue weighted by molar-refractivity contribution is 5.83. The molecule has 0 radical (unpaired) electrons. The highest BCUT2D eigenvalue weighted by Crippen LogP contribution is 2.21. The lowest BCUT2D eigenvalue weighted by Gasteiger charge is -2.27. The number of aromatic nitrogens is 1. The van der Waals surface area contributed by atoms with Crippen molar-refractivity contribution in [2.24, 2.45) is 0 Å². The van der Waals surface area contributed by atoms with Crippen molar-refractivity contribution >= 4 is 16.7 Å². The van der Waals surface area contributed by atoms with Crippen LogP contribution in [0.1, 0.15) is 0 Å². The molecule has 1 aliphatic heterocycles. The monoisotopic (exact) mass is 201 g/mol. The Hall–Kier alpha value is -1.48. The Kier molecular flexibility index (Phi) is 2.10. The third kappa shape index (κ3) is 1.59. The predicted octanol–water partition coefficient (Wildman–Crippen LogP) is 1.58. The smallest absolute Gasteiger partial charge is 0.106 e. The molecule has 3 rings (SSSR count). The molecule has 1 saturated heterocycles. The molecule has 3 nitrogen and oxygen atoms in total. The molecule has 0 spiro atoms. The number of hydrogen-bond donors (Lipinski definition) is 2. The van der Waals surface area contributed by atoms with E-state index < -0.39 is 0 Å². The number of nitrogens with zero attached hydrogens (tertiary/aromatic N) is 1. The standard InChI is InChI=1S/C12H15N3/c1-2-4-11-10(3-1)9-12(14-11)15-7-5-13-6-8-15/h1-4,9,13-14H,5-8H2. The molecule has 2 heterocycles. The van der Waals surface area contributed by atoms with E-state index in [0.717, 1.165) is 26.2 Å². The SMILES string of the molecule is c1ccc2[nH]c(N3CCNCC3)cc2c1. The number of anilines is 1. The van der Waals surface area contributed by atoms with Crippen molar-refractivity contribution in [2.75, 3.05) is 31.1 Å². The quantitative estimate of drug-likeness (QED) is 0.734. The Labute approximate surface area is 89.1 Å². The molecule has 0 aliphatic carbocycles. The van der Waals surface area contributed by atoms with E-state index in [1.165, 1.54) is 16.7 Å². The van der Waals surface area contributed by atoms with E-state index in [9.17, 15) is 0 Å². The van der Waals surface area contributed by atoms with Crippen molar-refractivity contribution < 1.29 is 0 Å². The first kappa shape index (κ1) is 8.80. The van der Waals surface area contributed by atoms with Crippen LogP contribution in [0.15, 0.2) is 30.3 Å². The minimum absolute atomic E-state index is 1.08. The second-order valence-corrected chi connectivity index (χ2v) is 3.98. The molecule has 0 unspecified atom stereocenters. The van der Waals surface area contributed by atoms with E-state index in [1.807, 2.05) is 0 Å². The molecular formula is C12H15N3. The van der Waals surface area contributed by atoms with Gasteiger partial charge in [0.1, 0.15) is 5.82 Å². The lowest BCUT2D eigenvalue weighted by atomic mass is 10.2. The zero-order chi connectivity index (χ0) is 10.1. The van der Waals surface area contributed by atoms with E-state index in [0.29, 0.717) is 0 Å².